The molecule has 108 valence electrons. The minimum atomic E-state index is -0.921. The molecule has 4 nitrogen and oxygen atoms in total. The van der Waals surface area contributed by atoms with Gasteiger partial charge in [-0.2, -0.15) is 0 Å². The Hall–Kier alpha value is -2.59. The van der Waals surface area contributed by atoms with Crippen molar-refractivity contribution in [2.75, 3.05) is 14.1 Å². The number of hydrogen-bond acceptors (Lipinski definition) is 2. The van der Waals surface area contributed by atoms with Gasteiger partial charge in [-0.3, -0.25) is 0 Å². The van der Waals surface area contributed by atoms with Gasteiger partial charge in [0.15, 0.2) is 0 Å². The first-order chi connectivity index (χ1) is 10.2. The zero-order valence-corrected chi connectivity index (χ0v) is 12.1. The third-order valence-electron chi connectivity index (χ3n) is 2.94. The average Bonchev–Trinajstić information content (AvgIpc) is 2.88. The van der Waals surface area contributed by atoms with Gasteiger partial charge < -0.3 is 15.0 Å². The van der Waals surface area contributed by atoms with Crippen LogP contribution in [0, 0.1) is 0 Å². The number of nitrogens with zero attached hydrogens (tertiary/aromatic N) is 1. The highest BCUT2D eigenvalue weighted by Gasteiger charge is 2.15. The number of carbonyl (C=O) groups is 1. The number of hydrogen-bond donors (Lipinski definition) is 2. The van der Waals surface area contributed by atoms with E-state index in [2.05, 4.69) is 5.32 Å². The predicted molar refractivity (Wildman–Crippen MR) is 85.2 cm³/mol. The van der Waals surface area contributed by atoms with E-state index in [4.69, 9.17) is 0 Å². The Morgan fingerprint density at radius 2 is 1.57 bits per heavy atom. The van der Waals surface area contributed by atoms with Crippen molar-refractivity contribution in [1.82, 2.24) is 9.88 Å². The minimum absolute atomic E-state index is 0.280. The number of para-hydroxylation sites is 2. The van der Waals surface area contributed by atoms with Crippen molar-refractivity contribution in [1.29, 1.82) is 0 Å². The maximum Gasteiger partial charge on any atom is 0.352 e. The smallest absolute Gasteiger partial charge is 0.352 e. The van der Waals surface area contributed by atoms with E-state index in [9.17, 15) is 9.90 Å². The normalized spacial score (nSPS) is 10.0. The van der Waals surface area contributed by atoms with Crippen LogP contribution >= 0.6 is 0 Å². The van der Waals surface area contributed by atoms with Gasteiger partial charge in [0.2, 0.25) is 0 Å². The Labute approximate surface area is 123 Å². The molecule has 4 heteroatoms. The molecule has 2 N–H and O–H groups in total. The molecule has 0 aliphatic carbocycles. The fourth-order valence-electron chi connectivity index (χ4n) is 2.17. The molecule has 0 saturated heterocycles. The van der Waals surface area contributed by atoms with E-state index in [1.165, 1.54) is 0 Å². The van der Waals surface area contributed by atoms with Gasteiger partial charge in [0.1, 0.15) is 5.69 Å². The van der Waals surface area contributed by atoms with Crippen LogP contribution in [0.25, 0.3) is 16.6 Å². The lowest BCUT2D eigenvalue weighted by atomic mass is 10.2. The molecule has 0 aliphatic rings. The molecule has 1 heterocycles. The number of benzene rings is 2. The summed E-state index contributed by atoms with van der Waals surface area (Å²) < 4.78 is 1.76. The van der Waals surface area contributed by atoms with Crippen LogP contribution in [0.5, 0.6) is 0 Å². The molecule has 0 amide bonds. The number of nitrogens with one attached hydrogen (secondary N) is 1. The van der Waals surface area contributed by atoms with Crippen LogP contribution in [-0.4, -0.2) is 29.7 Å². The topological polar surface area (TPSA) is 54.3 Å². The first-order valence-electron chi connectivity index (χ1n) is 6.66. The van der Waals surface area contributed by atoms with Crippen LogP contribution in [0.3, 0.4) is 0 Å². The first kappa shape index (κ1) is 14.8. The van der Waals surface area contributed by atoms with Crippen molar-refractivity contribution in [3.8, 4) is 5.69 Å². The zero-order valence-electron chi connectivity index (χ0n) is 12.1. The molecule has 0 unspecified atom stereocenters. The van der Waals surface area contributed by atoms with E-state index >= 15 is 0 Å². The van der Waals surface area contributed by atoms with Crippen LogP contribution in [0.4, 0.5) is 0 Å². The van der Waals surface area contributed by atoms with Crippen molar-refractivity contribution in [2.24, 2.45) is 0 Å². The van der Waals surface area contributed by atoms with E-state index < -0.39 is 5.97 Å². The Kier molecular flexibility index (Phi) is 4.74. The van der Waals surface area contributed by atoms with E-state index in [1.54, 1.807) is 10.6 Å². The van der Waals surface area contributed by atoms with Crippen molar-refractivity contribution in [3.63, 3.8) is 0 Å². The second kappa shape index (κ2) is 6.72. The molecule has 2 aromatic carbocycles. The fourth-order valence-corrected chi connectivity index (χ4v) is 2.17. The number of carboxylic acids is 1. The summed E-state index contributed by atoms with van der Waals surface area (Å²) in [5.41, 5.74) is 2.04. The Morgan fingerprint density at radius 1 is 1.00 bits per heavy atom. The van der Waals surface area contributed by atoms with Crippen molar-refractivity contribution < 1.29 is 9.90 Å². The molecular weight excluding hydrogens is 264 g/mol. The van der Waals surface area contributed by atoms with Gasteiger partial charge in [0.25, 0.3) is 0 Å². The summed E-state index contributed by atoms with van der Waals surface area (Å²) >= 11 is 0. The summed E-state index contributed by atoms with van der Waals surface area (Å²) in [6.07, 6.45) is 0. The molecule has 21 heavy (non-hydrogen) atoms. The Morgan fingerprint density at radius 3 is 2.19 bits per heavy atom. The van der Waals surface area contributed by atoms with Gasteiger partial charge in [-0.1, -0.05) is 36.4 Å². The molecule has 0 radical (unpaired) electrons. The molecule has 0 fully saturated rings. The molecule has 3 rings (SSSR count). The molecule has 0 atom stereocenters. The highest BCUT2D eigenvalue weighted by atomic mass is 16.4. The zero-order chi connectivity index (χ0) is 15.2. The molecule has 1 aromatic heterocycles. The highest BCUT2D eigenvalue weighted by Crippen LogP contribution is 2.24. The van der Waals surface area contributed by atoms with Crippen molar-refractivity contribution in [2.45, 2.75) is 0 Å². The molecule has 0 bridgehead atoms. The SMILES string of the molecule is CNC.O=C(O)c1cc2ccccc2n1-c1ccccc1. The molecule has 3 aromatic rings. The van der Waals surface area contributed by atoms with Crippen LogP contribution in [-0.2, 0) is 0 Å². The van der Waals surface area contributed by atoms with Crippen molar-refractivity contribution in [3.05, 3.63) is 66.4 Å². The summed E-state index contributed by atoms with van der Waals surface area (Å²) in [5, 5.41) is 13.0. The van der Waals surface area contributed by atoms with Gasteiger partial charge >= 0.3 is 5.97 Å². The number of aromatic carboxylic acids is 1. The predicted octanol–water partition coefficient (Wildman–Crippen LogP) is 3.16. The van der Waals surface area contributed by atoms with E-state index in [1.807, 2.05) is 68.7 Å². The van der Waals surface area contributed by atoms with E-state index in [-0.39, 0.29) is 5.69 Å². The van der Waals surface area contributed by atoms with Crippen molar-refractivity contribution >= 4 is 16.9 Å². The van der Waals surface area contributed by atoms with Gasteiger partial charge in [0.05, 0.1) is 5.52 Å². The Bertz CT molecular complexity index is 733. The summed E-state index contributed by atoms with van der Waals surface area (Å²) in [6.45, 7) is 0. The van der Waals surface area contributed by atoms with Crippen LogP contribution in [0.2, 0.25) is 0 Å². The second-order valence-electron chi connectivity index (χ2n) is 4.56. The van der Waals surface area contributed by atoms with Crippen LogP contribution in [0.1, 0.15) is 10.5 Å². The summed E-state index contributed by atoms with van der Waals surface area (Å²) in [6, 6.07) is 18.9. The molecule has 0 spiro atoms. The Balaban J connectivity index is 0.000000497. The van der Waals surface area contributed by atoms with Gasteiger partial charge in [-0.15, -0.1) is 0 Å². The third kappa shape index (κ3) is 3.12. The number of fused-ring (bicyclic) bond motifs is 1. The number of aromatic nitrogens is 1. The van der Waals surface area contributed by atoms with Gasteiger partial charge in [-0.25, -0.2) is 4.79 Å². The largest absolute Gasteiger partial charge is 0.477 e. The lowest BCUT2D eigenvalue weighted by Gasteiger charge is -2.07. The maximum absolute atomic E-state index is 11.3. The fraction of sp³-hybridized carbons (Fsp3) is 0.118. The number of carboxylic acid groups (broad SMARTS) is 1. The average molecular weight is 282 g/mol. The molecular formula is C17H18N2O2. The lowest BCUT2D eigenvalue weighted by molar-refractivity contribution is 0.0688. The third-order valence-corrected chi connectivity index (χ3v) is 2.94. The molecule has 0 saturated carbocycles. The first-order valence-corrected chi connectivity index (χ1v) is 6.66. The van der Waals surface area contributed by atoms with E-state index in [0.29, 0.717) is 0 Å². The standard InChI is InChI=1S/C15H11NO2.C2H7N/c17-15(18)14-10-11-6-4-5-9-13(11)16(14)12-7-2-1-3-8-12;1-3-2/h1-10H,(H,17,18);3H,1-2H3. The second-order valence-corrected chi connectivity index (χ2v) is 4.56. The summed E-state index contributed by atoms with van der Waals surface area (Å²) in [4.78, 5) is 11.3. The summed E-state index contributed by atoms with van der Waals surface area (Å²) in [7, 11) is 3.75. The monoisotopic (exact) mass is 282 g/mol. The van der Waals surface area contributed by atoms with Crippen LogP contribution < -0.4 is 5.32 Å². The summed E-state index contributed by atoms with van der Waals surface area (Å²) in [5.74, 6) is -0.921. The van der Waals surface area contributed by atoms with Crippen LogP contribution in [0.15, 0.2) is 60.7 Å². The van der Waals surface area contributed by atoms with Gasteiger partial charge in [-0.05, 0) is 38.4 Å². The molecule has 0 aliphatic heterocycles. The van der Waals surface area contributed by atoms with Gasteiger partial charge in [0, 0.05) is 11.1 Å². The highest BCUT2D eigenvalue weighted by molar-refractivity contribution is 5.96. The maximum atomic E-state index is 11.3. The quantitative estimate of drug-likeness (QED) is 0.759. The minimum Gasteiger partial charge on any atom is -0.477 e. The van der Waals surface area contributed by atoms with E-state index in [0.717, 1.165) is 16.6 Å². The number of rotatable bonds is 2. The lowest BCUT2D eigenvalue weighted by Crippen LogP contribution is -2.05.